The Hall–Kier alpha value is -3.63. The Morgan fingerprint density at radius 1 is 1.20 bits per heavy atom. The third kappa shape index (κ3) is 3.20. The molecule has 1 aliphatic rings. The number of hydrogen-bond donors (Lipinski definition) is 1. The summed E-state index contributed by atoms with van der Waals surface area (Å²) >= 11 is 0. The quantitative estimate of drug-likeness (QED) is 0.677. The van der Waals surface area contributed by atoms with Gasteiger partial charge < -0.3 is 10.2 Å². The van der Waals surface area contributed by atoms with Gasteiger partial charge in [0, 0.05) is 0 Å². The Balaban J connectivity index is 1.60. The zero-order valence-electron chi connectivity index (χ0n) is 12.9. The fraction of sp³-hybridized carbons (Fsp3) is 0.214. The van der Waals surface area contributed by atoms with Gasteiger partial charge in [-0.05, 0) is 29.5 Å². The molecule has 1 atom stereocenters. The van der Waals surface area contributed by atoms with E-state index in [1.807, 2.05) is 0 Å². The molecule has 2 aromatic rings. The maximum Gasteiger partial charge on any atom is 0.354 e. The summed E-state index contributed by atoms with van der Waals surface area (Å²) in [5.74, 6) is -2.97. The number of tetrazole rings is 1. The largest absolute Gasteiger partial charge is 0.354 e. The third-order valence-electron chi connectivity index (χ3n) is 3.37. The maximum absolute atomic E-state index is 12.1. The molecule has 25 heavy (non-hydrogen) atoms. The van der Waals surface area contributed by atoms with Crippen molar-refractivity contribution < 1.29 is 24.0 Å². The van der Waals surface area contributed by atoms with E-state index in [1.54, 1.807) is 12.1 Å². The first-order valence-corrected chi connectivity index (χ1v) is 7.17. The average Bonchev–Trinajstić information content (AvgIpc) is 3.18. The number of carbonyl (C=O) groups excluding carboxylic acids is 4. The number of imide groups is 1. The van der Waals surface area contributed by atoms with Crippen molar-refractivity contribution in [2.75, 3.05) is 0 Å². The number of nitrogens with one attached hydrogen (secondary N) is 1. The smallest absolute Gasteiger partial charge is 0.341 e. The van der Waals surface area contributed by atoms with Gasteiger partial charge in [0.15, 0.2) is 0 Å². The molecule has 0 unspecified atom stereocenters. The first-order valence-electron chi connectivity index (χ1n) is 7.17. The molecule has 0 spiro atoms. The second kappa shape index (κ2) is 6.47. The number of rotatable bonds is 5. The monoisotopic (exact) mass is 344 g/mol. The molecule has 128 valence electrons. The molecule has 0 saturated carbocycles. The zero-order valence-corrected chi connectivity index (χ0v) is 12.9. The molecular weight excluding hydrogens is 332 g/mol. The van der Waals surface area contributed by atoms with Crippen LogP contribution in [0.1, 0.15) is 27.6 Å². The molecule has 1 N–H and O–H groups in total. The molecule has 0 aliphatic carbocycles. The molecule has 0 fully saturated rings. The van der Waals surface area contributed by atoms with Crippen molar-refractivity contribution in [1.29, 1.82) is 0 Å². The van der Waals surface area contributed by atoms with Crippen LogP contribution in [0.4, 0.5) is 0 Å². The molecule has 1 aliphatic heterocycles. The number of aromatic nitrogens is 4. The topological polar surface area (TPSA) is 136 Å². The molecule has 0 saturated heterocycles. The first-order chi connectivity index (χ1) is 12.0. The summed E-state index contributed by atoms with van der Waals surface area (Å²) in [5, 5.41) is 13.0. The summed E-state index contributed by atoms with van der Waals surface area (Å²) in [6.45, 7) is 1.16. The lowest BCUT2D eigenvalue weighted by Crippen LogP contribution is -2.44. The molecular formula is C14H12N6O5. The van der Waals surface area contributed by atoms with Gasteiger partial charge in [-0.15, -0.1) is 5.10 Å². The minimum atomic E-state index is -1.09. The van der Waals surface area contributed by atoms with Crippen LogP contribution in [-0.4, -0.2) is 55.0 Å². The molecule has 11 nitrogen and oxygen atoms in total. The van der Waals surface area contributed by atoms with Crippen LogP contribution < -0.4 is 5.32 Å². The number of amides is 3. The predicted octanol–water partition coefficient (Wildman–Crippen LogP) is -1.07. The fourth-order valence-electron chi connectivity index (χ4n) is 2.16. The minimum Gasteiger partial charge on any atom is -0.341 e. The molecule has 1 aromatic carbocycles. The van der Waals surface area contributed by atoms with Gasteiger partial charge in [-0.2, -0.15) is 0 Å². The number of carbonyl (C=O) groups is 4. The normalized spacial score (nSPS) is 14.2. The van der Waals surface area contributed by atoms with E-state index in [-0.39, 0.29) is 17.7 Å². The van der Waals surface area contributed by atoms with Gasteiger partial charge in [0.1, 0.15) is 18.9 Å². The van der Waals surface area contributed by atoms with Crippen LogP contribution in [0.15, 0.2) is 30.6 Å². The van der Waals surface area contributed by atoms with Gasteiger partial charge >= 0.3 is 5.97 Å². The van der Waals surface area contributed by atoms with Crippen LogP contribution in [0, 0.1) is 0 Å². The molecule has 0 bridgehead atoms. The second-order valence-corrected chi connectivity index (χ2v) is 5.16. The van der Waals surface area contributed by atoms with E-state index >= 15 is 0 Å². The third-order valence-corrected chi connectivity index (χ3v) is 3.37. The van der Waals surface area contributed by atoms with Gasteiger partial charge in [-0.1, -0.05) is 17.2 Å². The van der Waals surface area contributed by atoms with Crippen molar-refractivity contribution in [3.8, 4) is 0 Å². The van der Waals surface area contributed by atoms with Crippen LogP contribution in [0.2, 0.25) is 0 Å². The van der Waals surface area contributed by atoms with Crippen LogP contribution in [0.5, 0.6) is 0 Å². The van der Waals surface area contributed by atoms with Gasteiger partial charge in [0.25, 0.3) is 11.8 Å². The van der Waals surface area contributed by atoms with E-state index in [0.717, 1.165) is 4.68 Å². The van der Waals surface area contributed by atoms with Gasteiger partial charge in [-0.3, -0.25) is 14.4 Å². The Kier molecular flexibility index (Phi) is 4.20. The van der Waals surface area contributed by atoms with E-state index in [9.17, 15) is 19.2 Å². The van der Waals surface area contributed by atoms with Crippen molar-refractivity contribution in [3.05, 3.63) is 41.7 Å². The van der Waals surface area contributed by atoms with E-state index in [4.69, 9.17) is 4.84 Å². The van der Waals surface area contributed by atoms with E-state index in [0.29, 0.717) is 5.06 Å². The zero-order chi connectivity index (χ0) is 18.0. The summed E-state index contributed by atoms with van der Waals surface area (Å²) in [6, 6.07) is 5.02. The predicted molar refractivity (Wildman–Crippen MR) is 78.5 cm³/mol. The highest BCUT2D eigenvalue weighted by Crippen LogP contribution is 2.22. The van der Waals surface area contributed by atoms with Crippen molar-refractivity contribution in [2.45, 2.75) is 19.5 Å². The average molecular weight is 344 g/mol. The summed E-state index contributed by atoms with van der Waals surface area (Å²) in [6.07, 6.45) is 1.24. The Labute approximate surface area is 140 Å². The SMILES string of the molecule is C[C@@H](NC(=O)Cn1cnnn1)C(=O)ON1C(=O)c2ccccc2C1=O. The number of nitrogens with zero attached hydrogens (tertiary/aromatic N) is 5. The van der Waals surface area contributed by atoms with Crippen LogP contribution in [-0.2, 0) is 21.0 Å². The first kappa shape index (κ1) is 16.2. The highest BCUT2D eigenvalue weighted by molar-refractivity contribution is 6.20. The highest BCUT2D eigenvalue weighted by Gasteiger charge is 2.39. The van der Waals surface area contributed by atoms with Gasteiger partial charge in [-0.25, -0.2) is 9.48 Å². The Morgan fingerprint density at radius 2 is 1.84 bits per heavy atom. The lowest BCUT2D eigenvalue weighted by atomic mass is 10.1. The number of fused-ring (bicyclic) bond motifs is 1. The maximum atomic E-state index is 12.1. The van der Waals surface area contributed by atoms with Gasteiger partial charge in [0.05, 0.1) is 11.1 Å². The molecule has 1 aromatic heterocycles. The van der Waals surface area contributed by atoms with Crippen molar-refractivity contribution in [3.63, 3.8) is 0 Å². The Bertz CT molecular complexity index is 814. The number of hydroxylamine groups is 2. The van der Waals surface area contributed by atoms with E-state index in [2.05, 4.69) is 20.8 Å². The van der Waals surface area contributed by atoms with E-state index < -0.39 is 29.7 Å². The lowest BCUT2D eigenvalue weighted by Gasteiger charge is -2.17. The molecule has 11 heteroatoms. The molecule has 0 radical (unpaired) electrons. The summed E-state index contributed by atoms with van der Waals surface area (Å²) < 4.78 is 1.16. The van der Waals surface area contributed by atoms with E-state index in [1.165, 1.54) is 25.4 Å². The molecule has 3 amide bonds. The molecule has 3 rings (SSSR count). The lowest BCUT2D eigenvalue weighted by molar-refractivity contribution is -0.171. The van der Waals surface area contributed by atoms with Crippen molar-refractivity contribution >= 4 is 23.7 Å². The van der Waals surface area contributed by atoms with Crippen molar-refractivity contribution in [1.82, 2.24) is 30.6 Å². The van der Waals surface area contributed by atoms with Crippen molar-refractivity contribution in [2.24, 2.45) is 0 Å². The molecule has 2 heterocycles. The standard InChI is InChI=1S/C14H12N6O5/c1-8(16-11(21)6-19-7-15-17-18-19)14(24)25-20-12(22)9-4-2-3-5-10(9)13(20)23/h2-5,7-8H,6H2,1H3,(H,16,21)/t8-/m1/s1. The summed E-state index contributed by atoms with van der Waals surface area (Å²) in [7, 11) is 0. The minimum absolute atomic E-state index is 0.149. The Morgan fingerprint density at radius 3 is 2.40 bits per heavy atom. The fourth-order valence-corrected chi connectivity index (χ4v) is 2.16. The second-order valence-electron chi connectivity index (χ2n) is 5.16. The van der Waals surface area contributed by atoms with Crippen LogP contribution >= 0.6 is 0 Å². The van der Waals surface area contributed by atoms with Crippen LogP contribution in [0.25, 0.3) is 0 Å². The summed E-state index contributed by atoms with van der Waals surface area (Å²) in [5.41, 5.74) is 0.298. The van der Waals surface area contributed by atoms with Gasteiger partial charge in [0.2, 0.25) is 5.91 Å². The number of hydrogen-bond acceptors (Lipinski definition) is 8. The van der Waals surface area contributed by atoms with Crippen LogP contribution in [0.3, 0.4) is 0 Å². The highest BCUT2D eigenvalue weighted by atomic mass is 16.7. The number of benzene rings is 1. The summed E-state index contributed by atoms with van der Waals surface area (Å²) in [4.78, 5) is 52.9.